The van der Waals surface area contributed by atoms with Crippen molar-refractivity contribution in [3.05, 3.63) is 217 Å². The summed E-state index contributed by atoms with van der Waals surface area (Å²) in [7, 11) is 0. The molecule has 0 saturated heterocycles. The molecule has 0 radical (unpaired) electrons. The van der Waals surface area contributed by atoms with Crippen molar-refractivity contribution < 1.29 is 72.3 Å². The predicted molar refractivity (Wildman–Crippen MR) is 287 cm³/mol. The Hall–Kier alpha value is -8.37. The van der Waals surface area contributed by atoms with Crippen LogP contribution < -0.4 is 28.4 Å². The van der Waals surface area contributed by atoms with Crippen LogP contribution in [-0.4, -0.2) is 113 Å². The summed E-state index contributed by atoms with van der Waals surface area (Å²) in [6, 6.07) is 46.7. The van der Waals surface area contributed by atoms with Crippen LogP contribution in [0.3, 0.4) is 0 Å². The van der Waals surface area contributed by atoms with Gasteiger partial charge in [0.25, 0.3) is 0 Å². The molecule has 15 nitrogen and oxygen atoms in total. The molecular formula is C61H66O15. The highest BCUT2D eigenvalue weighted by atomic mass is 16.6. The molecule has 3 N–H and O–H groups in total. The quantitative estimate of drug-likeness (QED) is 0.0128. The fourth-order valence-electron chi connectivity index (χ4n) is 7.88. The summed E-state index contributed by atoms with van der Waals surface area (Å²) in [6.07, 6.45) is 3.32. The van der Waals surface area contributed by atoms with Crippen LogP contribution in [0.25, 0.3) is 0 Å². The number of ether oxygens (including phenoxy) is 9. The van der Waals surface area contributed by atoms with Gasteiger partial charge in [-0.25, -0.2) is 14.4 Å². The zero-order chi connectivity index (χ0) is 54.6. The molecule has 6 rings (SSSR count). The van der Waals surface area contributed by atoms with Crippen LogP contribution in [0, 0.1) is 0 Å². The van der Waals surface area contributed by atoms with E-state index < -0.39 is 28.7 Å². The van der Waals surface area contributed by atoms with Crippen molar-refractivity contribution in [3.8, 4) is 34.5 Å². The van der Waals surface area contributed by atoms with Crippen molar-refractivity contribution in [2.24, 2.45) is 0 Å². The van der Waals surface area contributed by atoms with Gasteiger partial charge in [0.05, 0.1) is 19.8 Å². The van der Waals surface area contributed by atoms with Gasteiger partial charge in [0.1, 0.15) is 94.0 Å². The maximum Gasteiger partial charge on any atom is 0.330 e. The molecule has 76 heavy (non-hydrogen) atoms. The Balaban J connectivity index is 0.000000295. The number of benzene rings is 6. The second-order valence-corrected chi connectivity index (χ2v) is 16.8. The SMILES string of the molecule is C=CC(=O)OCCOc1ccc(C(C)(c2ccc(OCCOC(=O)C=C)cc2)c2ccc(OCCOC(=O)C=C)cc2)cc1.CC(c1ccc(OCCO)cc1)(c1ccc(OCCO)cc1)c1ccc(OCCO)cc1. The molecule has 0 aliphatic rings. The third-order valence-corrected chi connectivity index (χ3v) is 12.0. The average molecular weight is 1040 g/mol. The van der Waals surface area contributed by atoms with E-state index in [0.717, 1.165) is 51.6 Å². The lowest BCUT2D eigenvalue weighted by Gasteiger charge is -2.32. The van der Waals surface area contributed by atoms with Gasteiger partial charge < -0.3 is 58.0 Å². The Kier molecular flexibility index (Phi) is 23.7. The van der Waals surface area contributed by atoms with E-state index in [4.69, 9.17) is 58.0 Å². The van der Waals surface area contributed by atoms with E-state index in [-0.39, 0.29) is 79.3 Å². The first-order valence-electron chi connectivity index (χ1n) is 24.5. The molecule has 0 fully saturated rings. The zero-order valence-electron chi connectivity index (χ0n) is 42.9. The third kappa shape index (κ3) is 17.1. The summed E-state index contributed by atoms with van der Waals surface area (Å²) >= 11 is 0. The van der Waals surface area contributed by atoms with Crippen molar-refractivity contribution in [2.75, 3.05) is 79.3 Å². The second-order valence-electron chi connectivity index (χ2n) is 16.8. The lowest BCUT2D eigenvalue weighted by atomic mass is 9.71. The number of carbonyl (C=O) groups is 3. The summed E-state index contributed by atoms with van der Waals surface area (Å²) in [5.74, 6) is 2.49. The molecule has 0 unspecified atom stereocenters. The Morgan fingerprint density at radius 2 is 0.500 bits per heavy atom. The van der Waals surface area contributed by atoms with Crippen LogP contribution in [0.5, 0.6) is 34.5 Å². The van der Waals surface area contributed by atoms with E-state index >= 15 is 0 Å². The van der Waals surface area contributed by atoms with Crippen molar-refractivity contribution >= 4 is 17.9 Å². The number of hydrogen-bond donors (Lipinski definition) is 3. The molecule has 6 aromatic rings. The van der Waals surface area contributed by atoms with Crippen molar-refractivity contribution in [1.82, 2.24) is 0 Å². The van der Waals surface area contributed by atoms with Gasteiger partial charge in [-0.3, -0.25) is 0 Å². The van der Waals surface area contributed by atoms with E-state index in [0.29, 0.717) is 34.5 Å². The first-order valence-corrected chi connectivity index (χ1v) is 24.5. The summed E-state index contributed by atoms with van der Waals surface area (Å²) in [5.41, 5.74) is 5.15. The van der Waals surface area contributed by atoms with Crippen molar-refractivity contribution in [1.29, 1.82) is 0 Å². The van der Waals surface area contributed by atoms with Crippen LogP contribution in [-0.2, 0) is 39.4 Å². The second kappa shape index (κ2) is 30.7. The highest BCUT2D eigenvalue weighted by Crippen LogP contribution is 2.42. The summed E-state index contributed by atoms with van der Waals surface area (Å²) in [6.45, 7) is 16.0. The molecule has 0 spiro atoms. The highest BCUT2D eigenvalue weighted by Gasteiger charge is 2.33. The Labute approximate surface area is 444 Å². The molecule has 0 aliphatic carbocycles. The van der Waals surface area contributed by atoms with Crippen LogP contribution in [0.1, 0.15) is 47.2 Å². The van der Waals surface area contributed by atoms with E-state index in [1.807, 2.05) is 146 Å². The molecular weight excluding hydrogens is 973 g/mol. The minimum Gasteiger partial charge on any atom is -0.491 e. The number of carbonyl (C=O) groups excluding carboxylic acids is 3. The summed E-state index contributed by atoms with van der Waals surface area (Å²) in [4.78, 5) is 33.7. The maximum absolute atomic E-state index is 11.2. The average Bonchev–Trinajstić information content (AvgIpc) is 3.47. The van der Waals surface area contributed by atoms with Gasteiger partial charge in [-0.1, -0.05) is 92.5 Å². The lowest BCUT2D eigenvalue weighted by Crippen LogP contribution is -2.25. The fourth-order valence-corrected chi connectivity index (χ4v) is 7.88. The van der Waals surface area contributed by atoms with Gasteiger partial charge in [0.2, 0.25) is 0 Å². The number of aliphatic hydroxyl groups is 3. The minimum atomic E-state index is -0.589. The number of aliphatic hydroxyl groups excluding tert-OH is 3. The van der Waals surface area contributed by atoms with Crippen molar-refractivity contribution in [2.45, 2.75) is 24.7 Å². The largest absolute Gasteiger partial charge is 0.491 e. The van der Waals surface area contributed by atoms with Crippen LogP contribution in [0.15, 0.2) is 184 Å². The minimum absolute atomic E-state index is 0.0329. The number of hydrogen-bond acceptors (Lipinski definition) is 15. The molecule has 0 amide bonds. The molecule has 0 heterocycles. The maximum atomic E-state index is 11.2. The smallest absolute Gasteiger partial charge is 0.330 e. The molecule has 400 valence electrons. The van der Waals surface area contributed by atoms with Gasteiger partial charge in [0.15, 0.2) is 0 Å². The molecule has 0 atom stereocenters. The van der Waals surface area contributed by atoms with E-state index in [9.17, 15) is 14.4 Å². The number of esters is 3. The molecule has 15 heteroatoms. The zero-order valence-corrected chi connectivity index (χ0v) is 42.9. The monoisotopic (exact) mass is 1040 g/mol. The van der Waals surface area contributed by atoms with Crippen molar-refractivity contribution in [3.63, 3.8) is 0 Å². The van der Waals surface area contributed by atoms with Crippen LogP contribution in [0.4, 0.5) is 0 Å². The molecule has 0 saturated carbocycles. The highest BCUT2D eigenvalue weighted by molar-refractivity contribution is 5.81. The third-order valence-electron chi connectivity index (χ3n) is 12.0. The van der Waals surface area contributed by atoms with Gasteiger partial charge in [-0.15, -0.1) is 0 Å². The number of rotatable bonds is 30. The standard InChI is InChI=1S/C35H36O9.C26H30O6/c1-5-32(36)42-23-20-39-29-14-8-26(9-15-29)35(4,27-10-16-30(17-11-27)40-21-24-43-33(37)6-2)28-12-18-31(19-13-28)41-22-25-44-34(38)7-3;1-26(20-2-8-23(9-3-20)30-17-14-27,21-4-10-24(11-5-21)31-18-15-28)22-6-12-25(13-7-22)32-19-16-29/h5-19H,1-3,20-25H2,4H3;2-13,27-29H,14-19H2,1H3. The van der Waals surface area contributed by atoms with Crippen LogP contribution in [0.2, 0.25) is 0 Å². The first kappa shape index (κ1) is 58.5. The Morgan fingerprint density at radius 3 is 0.658 bits per heavy atom. The van der Waals surface area contributed by atoms with Gasteiger partial charge in [0, 0.05) is 29.1 Å². The normalized spacial score (nSPS) is 10.9. The van der Waals surface area contributed by atoms with Crippen LogP contribution >= 0.6 is 0 Å². The Morgan fingerprint density at radius 1 is 0.329 bits per heavy atom. The molecule has 0 aliphatic heterocycles. The molecule has 0 bridgehead atoms. The van der Waals surface area contributed by atoms with E-state index in [2.05, 4.69) is 33.6 Å². The van der Waals surface area contributed by atoms with Gasteiger partial charge in [-0.05, 0) is 120 Å². The predicted octanol–water partition coefficient (Wildman–Crippen LogP) is 8.52. The fraction of sp³-hybridized carbons (Fsp3) is 0.262. The summed E-state index contributed by atoms with van der Waals surface area (Å²) in [5, 5.41) is 27.0. The topological polar surface area (TPSA) is 195 Å². The molecule has 6 aromatic carbocycles. The molecule has 0 aromatic heterocycles. The Bertz CT molecular complexity index is 2420. The first-order chi connectivity index (χ1) is 36.9. The van der Waals surface area contributed by atoms with Gasteiger partial charge in [-0.2, -0.15) is 0 Å². The summed E-state index contributed by atoms with van der Waals surface area (Å²) < 4.78 is 48.6. The van der Waals surface area contributed by atoms with Gasteiger partial charge >= 0.3 is 17.9 Å². The van der Waals surface area contributed by atoms with E-state index in [1.54, 1.807) is 0 Å². The van der Waals surface area contributed by atoms with E-state index in [1.165, 1.54) is 0 Å². The lowest BCUT2D eigenvalue weighted by molar-refractivity contribution is -0.139.